The number of nitrogens with two attached hydrogens (primary N) is 1. The van der Waals surface area contributed by atoms with Gasteiger partial charge in [0.2, 0.25) is 5.91 Å². The van der Waals surface area contributed by atoms with Crippen molar-refractivity contribution in [2.75, 3.05) is 31.1 Å². The first kappa shape index (κ1) is 23.0. The van der Waals surface area contributed by atoms with Crippen LogP contribution in [0.2, 0.25) is 0 Å². The lowest BCUT2D eigenvalue weighted by Crippen LogP contribution is -2.31. The van der Waals surface area contributed by atoms with E-state index in [2.05, 4.69) is 31.9 Å². The number of rotatable bonds is 6. The maximum Gasteiger partial charge on any atom is 0.393 e. The molecule has 34 heavy (non-hydrogen) atoms. The standard InChI is InChI=1S/C24H26F3N5OS/c25-24(26,27)11-18-10-19-21(34-18)22(30-15-29-19)32-8-6-23(14-32)5-7-31(13-23)12-17-3-1-16(2-4-17)9-20(28)33/h1-4,10,15H,5-9,11-14H2,(H2,28,33). The zero-order valence-electron chi connectivity index (χ0n) is 18.6. The van der Waals surface area contributed by atoms with Crippen LogP contribution in [0.15, 0.2) is 36.7 Å². The molecule has 5 rings (SSSR count). The smallest absolute Gasteiger partial charge is 0.369 e. The predicted molar refractivity (Wildman–Crippen MR) is 126 cm³/mol. The molecule has 2 aromatic heterocycles. The summed E-state index contributed by atoms with van der Waals surface area (Å²) in [5.41, 5.74) is 8.14. The molecule has 2 aliphatic heterocycles. The van der Waals surface area contributed by atoms with Crippen molar-refractivity contribution in [1.29, 1.82) is 0 Å². The lowest BCUT2D eigenvalue weighted by Gasteiger charge is -2.25. The summed E-state index contributed by atoms with van der Waals surface area (Å²) < 4.78 is 39.4. The number of carbonyl (C=O) groups is 1. The van der Waals surface area contributed by atoms with Gasteiger partial charge in [0.05, 0.1) is 23.1 Å². The largest absolute Gasteiger partial charge is 0.393 e. The molecule has 180 valence electrons. The second-order valence-electron chi connectivity index (χ2n) is 9.51. The molecule has 0 bridgehead atoms. The van der Waals surface area contributed by atoms with E-state index in [-0.39, 0.29) is 22.6 Å². The van der Waals surface area contributed by atoms with Gasteiger partial charge >= 0.3 is 6.18 Å². The van der Waals surface area contributed by atoms with Crippen molar-refractivity contribution < 1.29 is 18.0 Å². The third-order valence-electron chi connectivity index (χ3n) is 6.78. The predicted octanol–water partition coefficient (Wildman–Crippen LogP) is 3.93. The summed E-state index contributed by atoms with van der Waals surface area (Å²) in [6.45, 7) is 4.52. The van der Waals surface area contributed by atoms with Crippen molar-refractivity contribution in [3.05, 3.63) is 52.7 Å². The van der Waals surface area contributed by atoms with Crippen LogP contribution in [0.5, 0.6) is 0 Å². The molecule has 6 nitrogen and oxygen atoms in total. The minimum Gasteiger partial charge on any atom is -0.369 e. The van der Waals surface area contributed by atoms with E-state index in [1.807, 2.05) is 12.1 Å². The molecule has 1 amide bonds. The van der Waals surface area contributed by atoms with E-state index in [1.54, 1.807) is 0 Å². The average molecular weight is 490 g/mol. The number of amides is 1. The highest BCUT2D eigenvalue weighted by molar-refractivity contribution is 7.19. The summed E-state index contributed by atoms with van der Waals surface area (Å²) in [6, 6.07) is 9.56. The molecular formula is C24H26F3N5OS. The molecule has 3 aromatic rings. The van der Waals surface area contributed by atoms with E-state index in [9.17, 15) is 18.0 Å². The molecule has 2 saturated heterocycles. The van der Waals surface area contributed by atoms with Crippen molar-refractivity contribution in [2.24, 2.45) is 11.1 Å². The lowest BCUT2D eigenvalue weighted by molar-refractivity contribution is -0.126. The van der Waals surface area contributed by atoms with Crippen LogP contribution in [0.25, 0.3) is 10.2 Å². The van der Waals surface area contributed by atoms with Crippen LogP contribution in [-0.2, 0) is 24.2 Å². The number of halogens is 3. The maximum absolute atomic E-state index is 12.9. The number of aromatic nitrogens is 2. The van der Waals surface area contributed by atoms with Gasteiger partial charge in [0.15, 0.2) is 0 Å². The van der Waals surface area contributed by atoms with Crippen LogP contribution in [0.1, 0.15) is 28.8 Å². The number of carbonyl (C=O) groups excluding carboxylic acids is 1. The molecule has 4 heterocycles. The van der Waals surface area contributed by atoms with Gasteiger partial charge in [-0.05, 0) is 36.6 Å². The Morgan fingerprint density at radius 1 is 1.09 bits per heavy atom. The van der Waals surface area contributed by atoms with Gasteiger partial charge < -0.3 is 10.6 Å². The highest BCUT2D eigenvalue weighted by Crippen LogP contribution is 2.43. The van der Waals surface area contributed by atoms with E-state index < -0.39 is 12.6 Å². The molecule has 1 unspecified atom stereocenters. The number of benzene rings is 1. The Kier molecular flexibility index (Phi) is 5.97. The molecule has 1 aromatic carbocycles. The number of hydrogen-bond donors (Lipinski definition) is 1. The lowest BCUT2D eigenvalue weighted by atomic mass is 9.86. The van der Waals surface area contributed by atoms with Gasteiger partial charge in [-0.25, -0.2) is 9.97 Å². The van der Waals surface area contributed by atoms with Gasteiger partial charge in [0.1, 0.15) is 12.1 Å². The van der Waals surface area contributed by atoms with Gasteiger partial charge in [-0.1, -0.05) is 24.3 Å². The fourth-order valence-corrected chi connectivity index (χ4v) is 6.39. The molecule has 2 fully saturated rings. The number of fused-ring (bicyclic) bond motifs is 1. The summed E-state index contributed by atoms with van der Waals surface area (Å²) in [6.07, 6.45) is -1.34. The summed E-state index contributed by atoms with van der Waals surface area (Å²) in [7, 11) is 0. The summed E-state index contributed by atoms with van der Waals surface area (Å²) in [4.78, 5) is 24.7. The first-order valence-corrected chi connectivity index (χ1v) is 12.1. The molecule has 0 saturated carbocycles. The maximum atomic E-state index is 12.9. The van der Waals surface area contributed by atoms with E-state index >= 15 is 0 Å². The normalized spacial score (nSPS) is 21.2. The van der Waals surface area contributed by atoms with Crippen molar-refractivity contribution >= 4 is 33.3 Å². The van der Waals surface area contributed by atoms with Crippen LogP contribution < -0.4 is 10.6 Å². The van der Waals surface area contributed by atoms with Crippen LogP contribution in [0.3, 0.4) is 0 Å². The van der Waals surface area contributed by atoms with Crippen molar-refractivity contribution in [2.45, 2.75) is 38.4 Å². The molecule has 10 heteroatoms. The highest BCUT2D eigenvalue weighted by atomic mass is 32.1. The Bertz CT molecular complexity index is 1200. The van der Waals surface area contributed by atoms with Crippen molar-refractivity contribution in [1.82, 2.24) is 14.9 Å². The van der Waals surface area contributed by atoms with Crippen molar-refractivity contribution in [3.8, 4) is 0 Å². The number of thiophene rings is 1. The number of primary amides is 1. The fourth-order valence-electron chi connectivity index (χ4n) is 5.23. The highest BCUT2D eigenvalue weighted by Gasteiger charge is 2.44. The molecule has 0 radical (unpaired) electrons. The molecule has 1 spiro atoms. The van der Waals surface area contributed by atoms with Crippen LogP contribution in [0, 0.1) is 5.41 Å². The zero-order chi connectivity index (χ0) is 23.9. The monoisotopic (exact) mass is 489 g/mol. The van der Waals surface area contributed by atoms with Gasteiger partial charge in [-0.2, -0.15) is 13.2 Å². The molecule has 2 N–H and O–H groups in total. The number of anilines is 1. The second-order valence-corrected chi connectivity index (χ2v) is 10.6. The second kappa shape index (κ2) is 8.81. The van der Waals surface area contributed by atoms with E-state index in [0.29, 0.717) is 5.52 Å². The molecule has 2 aliphatic rings. The van der Waals surface area contributed by atoms with Gasteiger partial charge in [-0.15, -0.1) is 11.3 Å². The summed E-state index contributed by atoms with van der Waals surface area (Å²) >= 11 is 1.15. The zero-order valence-corrected chi connectivity index (χ0v) is 19.5. The quantitative estimate of drug-likeness (QED) is 0.568. The van der Waals surface area contributed by atoms with Crippen molar-refractivity contribution in [3.63, 3.8) is 0 Å². The molecular weight excluding hydrogens is 463 g/mol. The fraction of sp³-hybridized carbons (Fsp3) is 0.458. The first-order chi connectivity index (χ1) is 16.2. The van der Waals surface area contributed by atoms with Crippen LogP contribution in [-0.4, -0.2) is 53.1 Å². The summed E-state index contributed by atoms with van der Waals surface area (Å²) in [5, 5.41) is 0. The number of likely N-dealkylation sites (tertiary alicyclic amines) is 1. The SMILES string of the molecule is NC(=O)Cc1ccc(CN2CCC3(CCN(c4ncnc5cc(CC(F)(F)F)sc45)C3)C2)cc1. The first-order valence-electron chi connectivity index (χ1n) is 11.3. The third-order valence-corrected chi connectivity index (χ3v) is 7.90. The third kappa shape index (κ3) is 5.02. The van der Waals surface area contributed by atoms with E-state index in [1.165, 1.54) is 18.0 Å². The van der Waals surface area contributed by atoms with Crippen LogP contribution in [0.4, 0.5) is 19.0 Å². The molecule has 1 atom stereocenters. The number of nitrogens with zero attached hydrogens (tertiary/aromatic N) is 4. The Morgan fingerprint density at radius 2 is 1.82 bits per heavy atom. The van der Waals surface area contributed by atoms with E-state index in [4.69, 9.17) is 5.73 Å². The average Bonchev–Trinajstić information content (AvgIpc) is 3.46. The van der Waals surface area contributed by atoms with Gasteiger partial charge in [0.25, 0.3) is 0 Å². The van der Waals surface area contributed by atoms with Gasteiger partial charge in [-0.3, -0.25) is 9.69 Å². The van der Waals surface area contributed by atoms with E-state index in [0.717, 1.165) is 73.0 Å². The van der Waals surface area contributed by atoms with Crippen LogP contribution >= 0.6 is 11.3 Å². The number of alkyl halides is 3. The Balaban J connectivity index is 1.25. The minimum atomic E-state index is -4.23. The van der Waals surface area contributed by atoms with Gasteiger partial charge in [0, 0.05) is 36.5 Å². The minimum absolute atomic E-state index is 0.162. The Labute approximate surface area is 199 Å². The number of hydrogen-bond acceptors (Lipinski definition) is 6. The Hall–Kier alpha value is -2.72. The summed E-state index contributed by atoms with van der Waals surface area (Å²) in [5.74, 6) is 0.420. The molecule has 0 aliphatic carbocycles. The topological polar surface area (TPSA) is 75.4 Å². The Morgan fingerprint density at radius 3 is 2.56 bits per heavy atom.